The summed E-state index contributed by atoms with van der Waals surface area (Å²) in [5, 5.41) is 13.3. The predicted molar refractivity (Wildman–Crippen MR) is 119 cm³/mol. The highest BCUT2D eigenvalue weighted by atomic mass is 35.5. The number of halogens is 1. The Kier molecular flexibility index (Phi) is 6.28. The van der Waals surface area contributed by atoms with Crippen molar-refractivity contribution in [1.82, 2.24) is 0 Å². The first kappa shape index (κ1) is 22.3. The number of non-ortho nitro benzene ring substituents is 1. The third-order valence-corrected chi connectivity index (χ3v) is 6.23. The van der Waals surface area contributed by atoms with Gasteiger partial charge in [-0.3, -0.25) is 19.6 Å². The Labute approximate surface area is 184 Å². The molecule has 0 fully saturated rings. The fourth-order valence-electron chi connectivity index (χ4n) is 2.89. The maximum atomic E-state index is 12.7. The van der Waals surface area contributed by atoms with Crippen LogP contribution in [-0.4, -0.2) is 19.2 Å². The van der Waals surface area contributed by atoms with Crippen molar-refractivity contribution in [3.05, 3.63) is 92.5 Å². The van der Waals surface area contributed by atoms with E-state index in [1.165, 1.54) is 36.4 Å². The Balaban J connectivity index is 1.77. The summed E-state index contributed by atoms with van der Waals surface area (Å²) in [6.45, 7) is 3.62. The van der Waals surface area contributed by atoms with Crippen molar-refractivity contribution in [2.45, 2.75) is 18.7 Å². The van der Waals surface area contributed by atoms with Crippen LogP contribution in [0, 0.1) is 24.0 Å². The first-order chi connectivity index (χ1) is 14.6. The van der Waals surface area contributed by atoms with Gasteiger partial charge in [-0.15, -0.1) is 0 Å². The van der Waals surface area contributed by atoms with Gasteiger partial charge >= 0.3 is 0 Å². The molecule has 0 spiro atoms. The van der Waals surface area contributed by atoms with Gasteiger partial charge in [0, 0.05) is 17.8 Å². The van der Waals surface area contributed by atoms with Crippen molar-refractivity contribution >= 4 is 44.6 Å². The lowest BCUT2D eigenvalue weighted by Crippen LogP contribution is -2.15. The second-order valence-corrected chi connectivity index (χ2v) is 8.86. The largest absolute Gasteiger partial charge is 0.322 e. The molecule has 160 valence electrons. The molecule has 3 aromatic carbocycles. The maximum Gasteiger partial charge on any atom is 0.270 e. The fourth-order valence-corrected chi connectivity index (χ4v) is 4.35. The summed E-state index contributed by atoms with van der Waals surface area (Å²) < 4.78 is 28.0. The van der Waals surface area contributed by atoms with Gasteiger partial charge in [-0.05, 0) is 55.3 Å². The first-order valence-corrected chi connectivity index (χ1v) is 10.9. The molecule has 1 amide bonds. The zero-order chi connectivity index (χ0) is 22.8. The van der Waals surface area contributed by atoms with Crippen LogP contribution in [0.4, 0.5) is 17.1 Å². The lowest BCUT2D eigenvalue weighted by Gasteiger charge is -2.13. The van der Waals surface area contributed by atoms with Crippen molar-refractivity contribution in [3.8, 4) is 0 Å². The number of carbonyl (C=O) groups is 1. The standard InChI is InChI=1S/C21H18ClN3O5S/c1-13-4-3-5-14(2)20(13)24-31(29,30)17-9-6-15(7-10-17)23-21(26)18-11-8-16(25(27)28)12-19(18)22/h3-12,24H,1-2H3,(H,23,26). The summed E-state index contributed by atoms with van der Waals surface area (Å²) in [5.74, 6) is -0.579. The predicted octanol–water partition coefficient (Wildman–Crippen LogP) is 4.92. The Bertz CT molecular complexity index is 1250. The van der Waals surface area contributed by atoms with Crippen LogP contribution in [-0.2, 0) is 10.0 Å². The number of amides is 1. The van der Waals surface area contributed by atoms with Crippen molar-refractivity contribution in [2.24, 2.45) is 0 Å². The van der Waals surface area contributed by atoms with Gasteiger partial charge in [-0.2, -0.15) is 0 Å². The zero-order valence-corrected chi connectivity index (χ0v) is 18.1. The Morgan fingerprint density at radius 2 is 1.61 bits per heavy atom. The van der Waals surface area contributed by atoms with Crippen LogP contribution in [0.3, 0.4) is 0 Å². The molecule has 10 heteroatoms. The number of sulfonamides is 1. The molecule has 0 radical (unpaired) electrons. The molecule has 0 saturated carbocycles. The minimum Gasteiger partial charge on any atom is -0.322 e. The highest BCUT2D eigenvalue weighted by molar-refractivity contribution is 7.92. The summed E-state index contributed by atoms with van der Waals surface area (Å²) in [4.78, 5) is 22.6. The third kappa shape index (κ3) is 5.01. The van der Waals surface area contributed by atoms with Crippen molar-refractivity contribution in [2.75, 3.05) is 10.0 Å². The fraction of sp³-hybridized carbons (Fsp3) is 0.0952. The Morgan fingerprint density at radius 3 is 2.16 bits per heavy atom. The molecular weight excluding hydrogens is 442 g/mol. The van der Waals surface area contributed by atoms with E-state index in [2.05, 4.69) is 10.0 Å². The lowest BCUT2D eigenvalue weighted by molar-refractivity contribution is -0.384. The van der Waals surface area contributed by atoms with Crippen molar-refractivity contribution in [3.63, 3.8) is 0 Å². The van der Waals surface area contributed by atoms with E-state index in [1.54, 1.807) is 0 Å². The van der Waals surface area contributed by atoms with Crippen LogP contribution in [0.2, 0.25) is 5.02 Å². The molecule has 0 heterocycles. The molecule has 0 aliphatic carbocycles. The molecule has 0 atom stereocenters. The number of rotatable bonds is 6. The second-order valence-electron chi connectivity index (χ2n) is 6.77. The summed E-state index contributed by atoms with van der Waals surface area (Å²) in [5.41, 5.74) is 2.28. The molecule has 31 heavy (non-hydrogen) atoms. The van der Waals surface area contributed by atoms with Gasteiger partial charge in [0.15, 0.2) is 0 Å². The molecule has 0 aliphatic rings. The van der Waals surface area contributed by atoms with Gasteiger partial charge in [0.05, 0.1) is 26.1 Å². The second kappa shape index (κ2) is 8.75. The lowest BCUT2D eigenvalue weighted by atomic mass is 10.1. The number of nitro groups is 1. The number of nitrogens with zero attached hydrogens (tertiary/aromatic N) is 1. The van der Waals surface area contributed by atoms with Crippen molar-refractivity contribution in [1.29, 1.82) is 0 Å². The molecule has 0 saturated heterocycles. The number of nitro benzene ring substituents is 1. The van der Waals surface area contributed by atoms with Crippen LogP contribution in [0.5, 0.6) is 0 Å². The van der Waals surface area contributed by atoms with Gasteiger partial charge < -0.3 is 5.32 Å². The minimum atomic E-state index is -3.82. The molecule has 0 bridgehead atoms. The molecular formula is C21H18ClN3O5S. The molecule has 0 aliphatic heterocycles. The zero-order valence-electron chi connectivity index (χ0n) is 16.5. The Morgan fingerprint density at radius 1 is 1.00 bits per heavy atom. The number of hydrogen-bond donors (Lipinski definition) is 2. The van der Waals surface area contributed by atoms with E-state index in [0.29, 0.717) is 11.4 Å². The number of nitrogens with one attached hydrogen (secondary N) is 2. The average molecular weight is 460 g/mol. The SMILES string of the molecule is Cc1cccc(C)c1NS(=O)(=O)c1ccc(NC(=O)c2ccc([N+](=O)[O-])cc2Cl)cc1. The van der Waals surface area contributed by atoms with Crippen LogP contribution < -0.4 is 10.0 Å². The van der Waals surface area contributed by atoms with E-state index in [1.807, 2.05) is 32.0 Å². The highest BCUT2D eigenvalue weighted by Crippen LogP contribution is 2.25. The quantitative estimate of drug-likeness (QED) is 0.400. The first-order valence-electron chi connectivity index (χ1n) is 9.03. The van der Waals surface area contributed by atoms with Crippen LogP contribution in [0.15, 0.2) is 65.6 Å². The minimum absolute atomic E-state index is 0.0292. The molecule has 0 unspecified atom stereocenters. The van der Waals surface area contributed by atoms with E-state index < -0.39 is 20.9 Å². The molecule has 3 rings (SSSR count). The molecule has 8 nitrogen and oxygen atoms in total. The van der Waals surface area contributed by atoms with Gasteiger partial charge in [-0.1, -0.05) is 29.8 Å². The van der Waals surface area contributed by atoms with E-state index in [9.17, 15) is 23.3 Å². The number of carbonyl (C=O) groups excluding carboxylic acids is 1. The number of para-hydroxylation sites is 1. The number of aryl methyl sites for hydroxylation is 2. The van der Waals surface area contributed by atoms with Crippen molar-refractivity contribution < 1.29 is 18.1 Å². The monoisotopic (exact) mass is 459 g/mol. The summed E-state index contributed by atoms with van der Waals surface area (Å²) in [7, 11) is -3.82. The normalized spacial score (nSPS) is 11.1. The van der Waals surface area contributed by atoms with Crippen LogP contribution in [0.25, 0.3) is 0 Å². The van der Waals surface area contributed by atoms with Gasteiger partial charge in [0.2, 0.25) is 0 Å². The number of benzene rings is 3. The molecule has 3 aromatic rings. The third-order valence-electron chi connectivity index (χ3n) is 4.55. The number of anilines is 2. The van der Waals surface area contributed by atoms with E-state index in [4.69, 9.17) is 11.6 Å². The maximum absolute atomic E-state index is 12.7. The molecule has 2 N–H and O–H groups in total. The van der Waals surface area contributed by atoms with Gasteiger partial charge in [0.1, 0.15) is 0 Å². The molecule has 0 aromatic heterocycles. The summed E-state index contributed by atoms with van der Waals surface area (Å²) >= 11 is 5.97. The van der Waals surface area contributed by atoms with E-state index in [0.717, 1.165) is 17.2 Å². The van der Waals surface area contributed by atoms with Gasteiger partial charge in [0.25, 0.3) is 21.6 Å². The van der Waals surface area contributed by atoms with E-state index >= 15 is 0 Å². The van der Waals surface area contributed by atoms with Crippen LogP contribution in [0.1, 0.15) is 21.5 Å². The number of hydrogen-bond acceptors (Lipinski definition) is 5. The Hall–Kier alpha value is -3.43. The summed E-state index contributed by atoms with van der Waals surface area (Å²) in [6.07, 6.45) is 0. The van der Waals surface area contributed by atoms with E-state index in [-0.39, 0.29) is 21.2 Å². The smallest absolute Gasteiger partial charge is 0.270 e. The van der Waals surface area contributed by atoms with Gasteiger partial charge in [-0.25, -0.2) is 8.42 Å². The average Bonchev–Trinajstić information content (AvgIpc) is 2.71. The topological polar surface area (TPSA) is 118 Å². The van der Waals surface area contributed by atoms with Crippen LogP contribution >= 0.6 is 11.6 Å². The highest BCUT2D eigenvalue weighted by Gasteiger charge is 2.18. The summed E-state index contributed by atoms with van der Waals surface area (Å²) in [6, 6.07) is 14.6.